The van der Waals surface area contributed by atoms with Crippen LogP contribution < -0.4 is 10.6 Å². The molecule has 158 valence electrons. The number of rotatable bonds is 4. The molecule has 5 rings (SSSR count). The fourth-order valence-corrected chi connectivity index (χ4v) is 5.09. The van der Waals surface area contributed by atoms with Gasteiger partial charge in [-0.1, -0.05) is 0 Å². The van der Waals surface area contributed by atoms with E-state index in [0.717, 1.165) is 67.2 Å². The van der Waals surface area contributed by atoms with Crippen molar-refractivity contribution in [3.8, 4) is 11.4 Å². The van der Waals surface area contributed by atoms with Crippen molar-refractivity contribution >= 4 is 33.3 Å². The summed E-state index contributed by atoms with van der Waals surface area (Å²) in [6.07, 6.45) is 5.02. The summed E-state index contributed by atoms with van der Waals surface area (Å²) >= 11 is 1.68. The molecule has 0 bridgehead atoms. The topological polar surface area (TPSA) is 114 Å². The van der Waals surface area contributed by atoms with E-state index in [9.17, 15) is 5.11 Å². The number of β-amino-alcohol motifs (C(OH)–C–C–N with tert-alkyl or cyclic N) is 1. The average molecular weight is 428 g/mol. The summed E-state index contributed by atoms with van der Waals surface area (Å²) in [4.78, 5) is 24.7. The Morgan fingerprint density at radius 1 is 1.17 bits per heavy atom. The molecule has 0 saturated carbocycles. The minimum atomic E-state index is -0.228. The molecule has 3 aromatic rings. The predicted octanol–water partition coefficient (Wildman–Crippen LogP) is 1.52. The molecule has 2 aliphatic heterocycles. The number of piperidine rings is 1. The lowest BCUT2D eigenvalue weighted by Crippen LogP contribution is -2.37. The van der Waals surface area contributed by atoms with Gasteiger partial charge in [-0.15, -0.1) is 11.3 Å². The number of ether oxygens (including phenoxy) is 1. The molecule has 0 aliphatic carbocycles. The van der Waals surface area contributed by atoms with E-state index in [4.69, 9.17) is 20.4 Å². The Kier molecular flexibility index (Phi) is 5.47. The van der Waals surface area contributed by atoms with Crippen LogP contribution in [-0.2, 0) is 11.3 Å². The maximum atomic E-state index is 9.99. The summed E-state index contributed by atoms with van der Waals surface area (Å²) in [5, 5.41) is 11.1. The second-order valence-electron chi connectivity index (χ2n) is 7.76. The zero-order chi connectivity index (χ0) is 20.5. The van der Waals surface area contributed by atoms with Crippen LogP contribution in [0, 0.1) is 0 Å². The number of nitrogen functional groups attached to an aromatic ring is 1. The van der Waals surface area contributed by atoms with Gasteiger partial charge in [0.05, 0.1) is 30.3 Å². The highest BCUT2D eigenvalue weighted by atomic mass is 32.1. The van der Waals surface area contributed by atoms with Gasteiger partial charge in [0.15, 0.2) is 5.82 Å². The van der Waals surface area contributed by atoms with Gasteiger partial charge < -0.3 is 20.5 Å². The Hall–Kier alpha value is -2.40. The summed E-state index contributed by atoms with van der Waals surface area (Å²) in [5.74, 6) is 1.76. The van der Waals surface area contributed by atoms with E-state index in [1.54, 1.807) is 23.7 Å². The highest BCUT2D eigenvalue weighted by Gasteiger charge is 2.22. The van der Waals surface area contributed by atoms with Gasteiger partial charge in [0.2, 0.25) is 5.95 Å². The summed E-state index contributed by atoms with van der Waals surface area (Å²) in [5.41, 5.74) is 6.38. The van der Waals surface area contributed by atoms with Crippen molar-refractivity contribution < 1.29 is 9.84 Å². The summed E-state index contributed by atoms with van der Waals surface area (Å²) in [6, 6.07) is 2.20. The van der Waals surface area contributed by atoms with Crippen molar-refractivity contribution in [2.75, 3.05) is 50.0 Å². The molecule has 0 aromatic carbocycles. The molecule has 10 heteroatoms. The zero-order valence-electron chi connectivity index (χ0n) is 16.7. The number of aromatic nitrogens is 4. The maximum absolute atomic E-state index is 9.99. The Balaban J connectivity index is 1.53. The van der Waals surface area contributed by atoms with Crippen LogP contribution >= 0.6 is 11.3 Å². The predicted molar refractivity (Wildman–Crippen MR) is 116 cm³/mol. The van der Waals surface area contributed by atoms with E-state index in [-0.39, 0.29) is 12.1 Å². The van der Waals surface area contributed by atoms with Gasteiger partial charge in [-0.25, -0.2) is 19.9 Å². The third kappa shape index (κ3) is 4.08. The van der Waals surface area contributed by atoms with Gasteiger partial charge >= 0.3 is 0 Å². The Labute approximate surface area is 178 Å². The first-order chi connectivity index (χ1) is 14.7. The van der Waals surface area contributed by atoms with E-state index >= 15 is 0 Å². The monoisotopic (exact) mass is 427 g/mol. The number of fused-ring (bicyclic) bond motifs is 1. The largest absolute Gasteiger partial charge is 0.392 e. The first-order valence-electron chi connectivity index (χ1n) is 10.3. The van der Waals surface area contributed by atoms with Crippen molar-refractivity contribution in [1.82, 2.24) is 24.8 Å². The number of anilines is 2. The third-order valence-electron chi connectivity index (χ3n) is 5.52. The Morgan fingerprint density at radius 2 is 1.97 bits per heavy atom. The van der Waals surface area contributed by atoms with E-state index < -0.39 is 0 Å². The highest BCUT2D eigenvalue weighted by Crippen LogP contribution is 2.34. The van der Waals surface area contributed by atoms with Crippen LogP contribution in [0.15, 0.2) is 18.5 Å². The number of thiophene rings is 1. The second-order valence-corrected chi connectivity index (χ2v) is 8.88. The standard InChI is InChI=1S/C20H25N7O2S/c21-20-22-9-13(10-23-20)17-24-18(27-4-6-29-7-5-27)16-8-15(30-19(16)25-17)12-26-3-1-2-14(28)11-26/h8-10,14,28H,1-7,11-12H2,(H2,21,22,23)/t14-/m1/s1. The van der Waals surface area contributed by atoms with Gasteiger partial charge in [-0.05, 0) is 25.5 Å². The fraction of sp³-hybridized carbons (Fsp3) is 0.500. The van der Waals surface area contributed by atoms with E-state index in [1.165, 1.54) is 4.88 Å². The second kappa shape index (κ2) is 8.38. The van der Waals surface area contributed by atoms with Crippen molar-refractivity contribution in [3.05, 3.63) is 23.3 Å². The van der Waals surface area contributed by atoms with Gasteiger partial charge in [-0.2, -0.15) is 0 Å². The van der Waals surface area contributed by atoms with Crippen LogP contribution in [0.2, 0.25) is 0 Å². The van der Waals surface area contributed by atoms with E-state index in [0.29, 0.717) is 19.0 Å². The first kappa shape index (κ1) is 19.6. The zero-order valence-corrected chi connectivity index (χ0v) is 17.5. The van der Waals surface area contributed by atoms with Crippen LogP contribution in [0.5, 0.6) is 0 Å². The van der Waals surface area contributed by atoms with Crippen molar-refractivity contribution in [3.63, 3.8) is 0 Å². The number of aliphatic hydroxyl groups excluding tert-OH is 1. The number of nitrogens with two attached hydrogens (primary N) is 1. The fourth-order valence-electron chi connectivity index (χ4n) is 4.03. The summed E-state index contributed by atoms with van der Waals surface area (Å²) in [6.45, 7) is 5.54. The molecule has 9 nitrogen and oxygen atoms in total. The molecule has 2 saturated heterocycles. The molecule has 2 aliphatic rings. The molecule has 5 heterocycles. The minimum absolute atomic E-state index is 0.228. The lowest BCUT2D eigenvalue weighted by atomic mass is 10.1. The van der Waals surface area contributed by atoms with Gasteiger partial charge in [-0.3, -0.25) is 4.90 Å². The number of morpholine rings is 1. The number of aliphatic hydroxyl groups is 1. The number of hydrogen-bond acceptors (Lipinski definition) is 10. The van der Waals surface area contributed by atoms with E-state index in [2.05, 4.69) is 25.8 Å². The van der Waals surface area contributed by atoms with Crippen LogP contribution in [-0.4, -0.2) is 75.4 Å². The lowest BCUT2D eigenvalue weighted by Gasteiger charge is -2.29. The Bertz CT molecular complexity index is 1020. The van der Waals surface area contributed by atoms with Crippen molar-refractivity contribution in [2.24, 2.45) is 0 Å². The molecule has 0 unspecified atom stereocenters. The summed E-state index contributed by atoms with van der Waals surface area (Å²) < 4.78 is 5.53. The van der Waals surface area contributed by atoms with Crippen LogP contribution in [0.1, 0.15) is 17.7 Å². The SMILES string of the molecule is Nc1ncc(-c2nc(N3CCOCC3)c3cc(CN4CCC[C@@H](O)C4)sc3n2)cn1. The first-order valence-corrected chi connectivity index (χ1v) is 11.1. The van der Waals surface area contributed by atoms with Crippen molar-refractivity contribution in [2.45, 2.75) is 25.5 Å². The minimum Gasteiger partial charge on any atom is -0.392 e. The molecule has 0 radical (unpaired) electrons. The van der Waals surface area contributed by atoms with Gasteiger partial charge in [0.1, 0.15) is 10.6 Å². The molecule has 1 atom stereocenters. The molecule has 0 amide bonds. The third-order valence-corrected chi connectivity index (χ3v) is 6.54. The van der Waals surface area contributed by atoms with Crippen LogP contribution in [0.4, 0.5) is 11.8 Å². The summed E-state index contributed by atoms with van der Waals surface area (Å²) in [7, 11) is 0. The molecule has 3 N–H and O–H groups in total. The molecular formula is C20H25N7O2S. The number of likely N-dealkylation sites (tertiary alicyclic amines) is 1. The number of hydrogen-bond donors (Lipinski definition) is 2. The average Bonchev–Trinajstić information content (AvgIpc) is 3.16. The Morgan fingerprint density at radius 3 is 2.73 bits per heavy atom. The molecule has 30 heavy (non-hydrogen) atoms. The number of nitrogens with zero attached hydrogens (tertiary/aromatic N) is 6. The lowest BCUT2D eigenvalue weighted by molar-refractivity contribution is 0.0674. The van der Waals surface area contributed by atoms with Crippen LogP contribution in [0.3, 0.4) is 0 Å². The molecule has 0 spiro atoms. The van der Waals surface area contributed by atoms with E-state index in [1.807, 2.05) is 0 Å². The highest BCUT2D eigenvalue weighted by molar-refractivity contribution is 7.18. The smallest absolute Gasteiger partial charge is 0.219 e. The normalized spacial score (nSPS) is 20.7. The van der Waals surface area contributed by atoms with Crippen molar-refractivity contribution in [1.29, 1.82) is 0 Å². The van der Waals surface area contributed by atoms with Crippen LogP contribution in [0.25, 0.3) is 21.6 Å². The maximum Gasteiger partial charge on any atom is 0.219 e. The quantitative estimate of drug-likeness (QED) is 0.640. The molecule has 2 fully saturated rings. The van der Waals surface area contributed by atoms with Gasteiger partial charge in [0.25, 0.3) is 0 Å². The van der Waals surface area contributed by atoms with Gasteiger partial charge in [0, 0.05) is 43.4 Å². The molecule has 3 aromatic heterocycles. The molecular weight excluding hydrogens is 402 g/mol.